The monoisotopic (exact) mass is 288 g/mol. The Kier molecular flexibility index (Phi) is 4.17. The minimum atomic E-state index is -0.199. The van der Waals surface area contributed by atoms with E-state index in [2.05, 4.69) is 20.3 Å². The van der Waals surface area contributed by atoms with Crippen LogP contribution in [-0.4, -0.2) is 35.0 Å². The average molecular weight is 288 g/mol. The van der Waals surface area contributed by atoms with Gasteiger partial charge in [0.2, 0.25) is 17.8 Å². The molecule has 0 bridgehead atoms. The number of carbonyl (C=O) groups excluding carboxylic acids is 1. The van der Waals surface area contributed by atoms with Gasteiger partial charge >= 0.3 is 6.01 Å². The third-order valence-electron chi connectivity index (χ3n) is 2.42. The van der Waals surface area contributed by atoms with Crippen molar-refractivity contribution in [3.05, 3.63) is 24.3 Å². The summed E-state index contributed by atoms with van der Waals surface area (Å²) in [5, 5.41) is 2.67. The Morgan fingerprint density at radius 2 is 1.95 bits per heavy atom. The van der Waals surface area contributed by atoms with Gasteiger partial charge in [-0.05, 0) is 12.1 Å². The molecule has 0 saturated heterocycles. The number of nitrogens with zero attached hydrogens (tertiary/aromatic N) is 4. The summed E-state index contributed by atoms with van der Waals surface area (Å²) in [6.45, 7) is 1.42. The summed E-state index contributed by atoms with van der Waals surface area (Å²) in [5.74, 6) is 0.661. The molecule has 0 atom stereocenters. The van der Waals surface area contributed by atoms with Gasteiger partial charge in [-0.25, -0.2) is 0 Å². The molecular formula is C13H16N6O2. The van der Waals surface area contributed by atoms with Crippen molar-refractivity contribution in [3.8, 4) is 11.8 Å². The fraction of sp³-hybridized carbons (Fsp3) is 0.231. The van der Waals surface area contributed by atoms with Gasteiger partial charge < -0.3 is 20.7 Å². The van der Waals surface area contributed by atoms with Crippen LogP contribution in [-0.2, 0) is 4.79 Å². The third kappa shape index (κ3) is 3.78. The van der Waals surface area contributed by atoms with Crippen molar-refractivity contribution < 1.29 is 9.53 Å². The normalized spacial score (nSPS) is 10.0. The standard InChI is InChI=1S/C13H16N6O2/c1-8(20)15-9-6-4-5-7-10(9)21-13-17-11(14)16-12(18-13)19(2)3/h4-7H,1-3H3,(H,15,20)(H2,14,16,17,18). The molecular weight excluding hydrogens is 272 g/mol. The van der Waals surface area contributed by atoms with Crippen LogP contribution in [0.15, 0.2) is 24.3 Å². The number of nitrogens with one attached hydrogen (secondary N) is 1. The minimum absolute atomic E-state index is 0.0562. The Morgan fingerprint density at radius 1 is 1.24 bits per heavy atom. The molecule has 0 aliphatic rings. The van der Waals surface area contributed by atoms with Gasteiger partial charge in [0.05, 0.1) is 5.69 Å². The number of benzene rings is 1. The Balaban J connectivity index is 2.32. The van der Waals surface area contributed by atoms with E-state index in [1.54, 1.807) is 43.3 Å². The molecule has 2 rings (SSSR count). The quantitative estimate of drug-likeness (QED) is 0.872. The summed E-state index contributed by atoms with van der Waals surface area (Å²) in [6.07, 6.45) is 0. The molecule has 0 aliphatic heterocycles. The third-order valence-corrected chi connectivity index (χ3v) is 2.42. The zero-order valence-electron chi connectivity index (χ0n) is 12.0. The summed E-state index contributed by atoms with van der Waals surface area (Å²) in [4.78, 5) is 24.9. The van der Waals surface area contributed by atoms with Crippen LogP contribution in [0, 0.1) is 0 Å². The van der Waals surface area contributed by atoms with Crippen LogP contribution >= 0.6 is 0 Å². The number of rotatable bonds is 4. The van der Waals surface area contributed by atoms with Gasteiger partial charge in [-0.2, -0.15) is 15.0 Å². The molecule has 21 heavy (non-hydrogen) atoms. The summed E-state index contributed by atoms with van der Waals surface area (Å²) in [5.41, 5.74) is 6.15. The highest BCUT2D eigenvalue weighted by molar-refractivity contribution is 5.90. The zero-order chi connectivity index (χ0) is 15.4. The van der Waals surface area contributed by atoms with Crippen LogP contribution in [0.4, 0.5) is 17.6 Å². The van der Waals surface area contributed by atoms with Gasteiger partial charge in [0.15, 0.2) is 5.75 Å². The zero-order valence-corrected chi connectivity index (χ0v) is 12.0. The van der Waals surface area contributed by atoms with Crippen LogP contribution in [0.1, 0.15) is 6.92 Å². The molecule has 0 unspecified atom stereocenters. The molecule has 1 aromatic carbocycles. The van der Waals surface area contributed by atoms with Crippen molar-refractivity contribution in [2.24, 2.45) is 0 Å². The number of carbonyl (C=O) groups is 1. The summed E-state index contributed by atoms with van der Waals surface area (Å²) >= 11 is 0. The van der Waals surface area contributed by atoms with Crippen molar-refractivity contribution in [1.82, 2.24) is 15.0 Å². The molecule has 1 heterocycles. The molecule has 110 valence electrons. The van der Waals surface area contributed by atoms with Crippen LogP contribution in [0.3, 0.4) is 0 Å². The van der Waals surface area contributed by atoms with Crippen molar-refractivity contribution in [2.45, 2.75) is 6.92 Å². The van der Waals surface area contributed by atoms with E-state index < -0.39 is 0 Å². The first-order valence-corrected chi connectivity index (χ1v) is 6.19. The lowest BCUT2D eigenvalue weighted by Gasteiger charge is -2.13. The minimum Gasteiger partial charge on any atom is -0.422 e. The van der Waals surface area contributed by atoms with Crippen molar-refractivity contribution in [2.75, 3.05) is 30.0 Å². The number of amides is 1. The maximum atomic E-state index is 11.2. The molecule has 0 aliphatic carbocycles. The first-order chi connectivity index (χ1) is 9.95. The molecule has 8 heteroatoms. The van der Waals surface area contributed by atoms with Crippen LogP contribution in [0.5, 0.6) is 11.8 Å². The van der Waals surface area contributed by atoms with E-state index in [9.17, 15) is 4.79 Å². The Hall–Kier alpha value is -2.90. The predicted octanol–water partition coefficient (Wildman–Crippen LogP) is 1.27. The van der Waals surface area contributed by atoms with Crippen LogP contribution in [0.25, 0.3) is 0 Å². The first kappa shape index (κ1) is 14.5. The SMILES string of the molecule is CC(=O)Nc1ccccc1Oc1nc(N)nc(N(C)C)n1. The van der Waals surface area contributed by atoms with Crippen LogP contribution in [0.2, 0.25) is 0 Å². The fourth-order valence-corrected chi connectivity index (χ4v) is 1.55. The van der Waals surface area contributed by atoms with E-state index in [4.69, 9.17) is 10.5 Å². The second-order valence-electron chi connectivity index (χ2n) is 4.45. The number of aromatic nitrogens is 3. The molecule has 0 radical (unpaired) electrons. The van der Waals surface area contributed by atoms with E-state index in [1.165, 1.54) is 6.92 Å². The number of nitrogen functional groups attached to an aromatic ring is 1. The molecule has 1 aromatic heterocycles. The predicted molar refractivity (Wildman–Crippen MR) is 79.4 cm³/mol. The number of anilines is 3. The lowest BCUT2D eigenvalue weighted by Crippen LogP contribution is -2.15. The van der Waals surface area contributed by atoms with Gasteiger partial charge in [0.1, 0.15) is 0 Å². The van der Waals surface area contributed by atoms with Crippen molar-refractivity contribution in [3.63, 3.8) is 0 Å². The lowest BCUT2D eigenvalue weighted by molar-refractivity contribution is -0.114. The highest BCUT2D eigenvalue weighted by Crippen LogP contribution is 2.28. The molecule has 2 aromatic rings. The summed E-state index contributed by atoms with van der Waals surface area (Å²) < 4.78 is 5.60. The number of hydrogen-bond donors (Lipinski definition) is 2. The molecule has 0 saturated carbocycles. The van der Waals surface area contributed by atoms with Gasteiger partial charge in [0, 0.05) is 21.0 Å². The lowest BCUT2D eigenvalue weighted by atomic mass is 10.3. The van der Waals surface area contributed by atoms with E-state index in [-0.39, 0.29) is 17.9 Å². The highest BCUT2D eigenvalue weighted by Gasteiger charge is 2.11. The van der Waals surface area contributed by atoms with Gasteiger partial charge in [-0.3, -0.25) is 4.79 Å². The van der Waals surface area contributed by atoms with Gasteiger partial charge in [0.25, 0.3) is 0 Å². The average Bonchev–Trinajstić information content (AvgIpc) is 2.39. The second kappa shape index (κ2) is 6.04. The Labute approximate surface area is 122 Å². The van der Waals surface area contributed by atoms with Crippen molar-refractivity contribution >= 4 is 23.5 Å². The van der Waals surface area contributed by atoms with Crippen molar-refractivity contribution in [1.29, 1.82) is 0 Å². The maximum absolute atomic E-state index is 11.2. The number of para-hydroxylation sites is 2. The summed E-state index contributed by atoms with van der Waals surface area (Å²) in [7, 11) is 3.56. The molecule has 8 nitrogen and oxygen atoms in total. The smallest absolute Gasteiger partial charge is 0.328 e. The Bertz CT molecular complexity index is 659. The van der Waals surface area contributed by atoms with Gasteiger partial charge in [-0.15, -0.1) is 0 Å². The highest BCUT2D eigenvalue weighted by atomic mass is 16.5. The van der Waals surface area contributed by atoms with E-state index in [1.807, 2.05) is 0 Å². The fourth-order valence-electron chi connectivity index (χ4n) is 1.55. The van der Waals surface area contributed by atoms with E-state index in [0.29, 0.717) is 17.4 Å². The molecule has 1 amide bonds. The Morgan fingerprint density at radius 3 is 2.62 bits per heavy atom. The number of ether oxygens (including phenoxy) is 1. The molecule has 3 N–H and O–H groups in total. The van der Waals surface area contributed by atoms with E-state index >= 15 is 0 Å². The topological polar surface area (TPSA) is 106 Å². The largest absolute Gasteiger partial charge is 0.422 e. The summed E-state index contributed by atoms with van der Waals surface area (Å²) in [6, 6.07) is 7.03. The number of hydrogen-bond acceptors (Lipinski definition) is 7. The van der Waals surface area contributed by atoms with Crippen LogP contribution < -0.4 is 20.7 Å². The van der Waals surface area contributed by atoms with E-state index in [0.717, 1.165) is 0 Å². The maximum Gasteiger partial charge on any atom is 0.328 e. The molecule has 0 fully saturated rings. The van der Waals surface area contributed by atoms with Gasteiger partial charge in [-0.1, -0.05) is 12.1 Å². The first-order valence-electron chi connectivity index (χ1n) is 6.19. The second-order valence-corrected chi connectivity index (χ2v) is 4.45. The number of nitrogens with two attached hydrogens (primary N) is 1. The molecule has 0 spiro atoms.